The maximum absolute atomic E-state index is 12.0. The minimum Gasteiger partial charge on any atom is -0.367 e. The Balaban J connectivity index is 0.000000146. The van der Waals surface area contributed by atoms with E-state index in [9.17, 15) is 9.18 Å². The van der Waals surface area contributed by atoms with Gasteiger partial charge in [-0.25, -0.2) is 44.9 Å². The van der Waals surface area contributed by atoms with Crippen LogP contribution >= 0.6 is 45.2 Å². The Morgan fingerprint density at radius 2 is 0.872 bits per heavy atom. The zero-order valence-corrected chi connectivity index (χ0v) is 46.5. The molecule has 7 aromatic rings. The summed E-state index contributed by atoms with van der Waals surface area (Å²) in [5, 5.41) is 21.4. The molecule has 18 nitrogen and oxygen atoms in total. The molecule has 7 aromatic heterocycles. The van der Waals surface area contributed by atoms with E-state index < -0.39 is 5.95 Å². The van der Waals surface area contributed by atoms with Gasteiger partial charge in [-0.3, -0.25) is 4.79 Å². The van der Waals surface area contributed by atoms with Crippen molar-refractivity contribution in [3.05, 3.63) is 151 Å². The molecule has 6 saturated carbocycles. The zero-order valence-electron chi connectivity index (χ0n) is 42.2. The molecule has 0 aromatic carbocycles. The van der Waals surface area contributed by atoms with E-state index in [4.69, 9.17) is 5.73 Å². The number of anilines is 5. The van der Waals surface area contributed by atoms with Crippen molar-refractivity contribution in [2.24, 2.45) is 5.73 Å². The van der Waals surface area contributed by atoms with Gasteiger partial charge in [0.05, 0.1) is 11.9 Å². The topological polar surface area (TPSA) is 237 Å². The molecule has 7 N–H and O–H groups in total. The lowest BCUT2D eigenvalue weighted by molar-refractivity contribution is 0.583. The van der Waals surface area contributed by atoms with Crippen LogP contribution in [0, 0.1) is 13.1 Å². The second-order valence-corrected chi connectivity index (χ2v) is 23.1. The summed E-state index contributed by atoms with van der Waals surface area (Å²) in [7, 11) is 0. The first-order valence-corrected chi connectivity index (χ1v) is 28.7. The molecule has 0 unspecified atom stereocenters. The molecule has 6 atom stereocenters. The lowest BCUT2D eigenvalue weighted by atomic mass is 10.2. The molecule has 13 rings (SSSR count). The van der Waals surface area contributed by atoms with Crippen molar-refractivity contribution >= 4 is 74.7 Å². The summed E-state index contributed by atoms with van der Waals surface area (Å²) in [6.07, 6.45) is 35.8. The SMILES string of the molecule is C.C.Fc1ccc(I)cn1.Ic1ccc(N[C@H]2CC[C@H](Nc3ncc(C4CC4)cn3)C2)nc1.N[C@H]1CC[C@H](Nc2ncc(C3CC3)cn2)C1.O=c1cccnn1-c1ccc(N[C@H]2CC[C@H](Nc3ncc(C4CC4)cn3)C2)nc1. The highest BCUT2D eigenvalue weighted by molar-refractivity contribution is 14.1. The maximum atomic E-state index is 12.0. The zero-order chi connectivity index (χ0) is 52.2. The molecule has 7 heterocycles. The van der Waals surface area contributed by atoms with E-state index in [0.29, 0.717) is 59.7 Å². The first-order chi connectivity index (χ1) is 37.1. The van der Waals surface area contributed by atoms with Gasteiger partial charge in [0.1, 0.15) is 11.6 Å². The minimum atomic E-state index is -0.426. The van der Waals surface area contributed by atoms with Crippen LogP contribution < -0.4 is 37.9 Å². The van der Waals surface area contributed by atoms with Crippen LogP contribution in [0.3, 0.4) is 0 Å². The van der Waals surface area contributed by atoms with Gasteiger partial charge in [-0.2, -0.15) is 14.2 Å². The Morgan fingerprint density at radius 3 is 1.23 bits per heavy atom. The number of nitrogens with zero attached hydrogens (tertiary/aromatic N) is 11. The number of aromatic nitrogens is 11. The van der Waals surface area contributed by atoms with Crippen LogP contribution in [0.4, 0.5) is 33.9 Å². The Morgan fingerprint density at radius 1 is 0.462 bits per heavy atom. The summed E-state index contributed by atoms with van der Waals surface area (Å²) >= 11 is 4.34. The molecule has 21 heteroatoms. The highest BCUT2D eigenvalue weighted by atomic mass is 127. The Bertz CT molecular complexity index is 2950. The van der Waals surface area contributed by atoms with Crippen LogP contribution in [0.5, 0.6) is 0 Å². The lowest BCUT2D eigenvalue weighted by Crippen LogP contribution is -2.22. The van der Waals surface area contributed by atoms with Crippen molar-refractivity contribution < 1.29 is 4.39 Å². The van der Waals surface area contributed by atoms with Crippen LogP contribution in [-0.4, -0.2) is 90.9 Å². The third-order valence-corrected chi connectivity index (χ3v) is 15.6. The van der Waals surface area contributed by atoms with Crippen LogP contribution in [-0.2, 0) is 0 Å². The fourth-order valence-electron chi connectivity index (χ4n) is 9.69. The molecular formula is C57H72FI2N17O. The minimum absolute atomic E-state index is 0. The Kier molecular flexibility index (Phi) is 21.0. The van der Waals surface area contributed by atoms with Gasteiger partial charge in [-0.05, 0) is 218 Å². The van der Waals surface area contributed by atoms with Crippen molar-refractivity contribution in [3.8, 4) is 5.69 Å². The number of hydrogen-bond acceptors (Lipinski definition) is 17. The summed E-state index contributed by atoms with van der Waals surface area (Å²) < 4.78 is 15.4. The molecule has 6 fully saturated rings. The van der Waals surface area contributed by atoms with Crippen molar-refractivity contribution in [2.75, 3.05) is 26.6 Å². The molecule has 78 heavy (non-hydrogen) atoms. The summed E-state index contributed by atoms with van der Waals surface area (Å²) in [6.45, 7) is 0. The standard InChI is InChI=1S/C21H23N7O.C17H20IN5.C12H18N4.C5H3FIN.2CH4/c29-20-2-1-9-25-28(20)18-7-8-19(22-13-18)26-16-5-6-17(10-16)27-21-23-11-15(12-24-21)14-3-4-14;18-13-3-6-16(19-10-13)22-14-4-5-15(7-14)23-17-20-8-12(9-21-17)11-1-2-11;13-10-3-4-11(5-10)16-12-14-6-9(7-15-12)8-1-2-8;6-5-2-1-4(7)3-8-5;;/h1-2,7-9,11-14,16-17H,3-6,10H2,(H,22,26)(H,23,24,27);3,6,8-11,14-15H,1-2,4-5,7H2,(H,19,22)(H,20,21,23);6-8,10-11H,1-5,13H2,(H,14,15,16);1-3H;2*1H4/t16-,17-;14-,15-;10-,11-;;;/m000.../s1. The fraction of sp³-hybridized carbons (Fsp3) is 0.456. The molecule has 0 radical (unpaired) electrons. The second-order valence-electron chi connectivity index (χ2n) is 20.6. The molecule has 0 aliphatic heterocycles. The van der Waals surface area contributed by atoms with Gasteiger partial charge < -0.3 is 32.3 Å². The van der Waals surface area contributed by atoms with E-state index >= 15 is 0 Å². The number of pyridine rings is 3. The lowest BCUT2D eigenvalue weighted by Gasteiger charge is -2.15. The predicted octanol–water partition coefficient (Wildman–Crippen LogP) is 11.3. The molecule has 0 amide bonds. The van der Waals surface area contributed by atoms with Crippen LogP contribution in [0.2, 0.25) is 0 Å². The summed E-state index contributed by atoms with van der Waals surface area (Å²) in [5.74, 6) is 5.68. The largest absolute Gasteiger partial charge is 0.367 e. The van der Waals surface area contributed by atoms with Crippen molar-refractivity contribution in [1.82, 2.24) is 54.6 Å². The van der Waals surface area contributed by atoms with E-state index in [2.05, 4.69) is 128 Å². The summed E-state index contributed by atoms with van der Waals surface area (Å²) in [6, 6.07) is 16.4. The number of halogens is 3. The number of rotatable bonds is 14. The molecule has 6 aliphatic carbocycles. The fourth-order valence-corrected chi connectivity index (χ4v) is 10.3. The monoisotopic (exact) mass is 1280 g/mol. The van der Waals surface area contributed by atoms with Crippen molar-refractivity contribution in [3.63, 3.8) is 0 Å². The van der Waals surface area contributed by atoms with Crippen LogP contribution in [0.1, 0.15) is 146 Å². The van der Waals surface area contributed by atoms with Gasteiger partial charge in [0.15, 0.2) is 0 Å². The molecule has 0 saturated heterocycles. The van der Waals surface area contributed by atoms with Crippen molar-refractivity contribution in [2.45, 2.75) is 165 Å². The van der Waals surface area contributed by atoms with E-state index in [0.717, 1.165) is 94.4 Å². The highest BCUT2D eigenvalue weighted by Crippen LogP contribution is 2.41. The molecule has 0 bridgehead atoms. The molecular weight excluding hydrogens is 1210 g/mol. The predicted molar refractivity (Wildman–Crippen MR) is 324 cm³/mol. The molecule has 412 valence electrons. The third kappa shape index (κ3) is 17.7. The van der Waals surface area contributed by atoms with Gasteiger partial charge in [-0.1, -0.05) is 14.9 Å². The maximum Gasteiger partial charge on any atom is 0.271 e. The second kappa shape index (κ2) is 28.2. The van der Waals surface area contributed by atoms with Crippen molar-refractivity contribution in [1.29, 1.82) is 0 Å². The summed E-state index contributed by atoms with van der Waals surface area (Å²) in [4.78, 5) is 50.7. The van der Waals surface area contributed by atoms with Crippen LogP contribution in [0.25, 0.3) is 5.69 Å². The normalized spacial score (nSPS) is 21.8. The van der Waals surface area contributed by atoms with Gasteiger partial charge in [-0.15, -0.1) is 0 Å². The molecule has 0 spiro atoms. The van der Waals surface area contributed by atoms with E-state index in [1.165, 1.54) is 78.2 Å². The third-order valence-electron chi connectivity index (χ3n) is 14.3. The Labute approximate surface area is 484 Å². The van der Waals surface area contributed by atoms with Gasteiger partial charge in [0.2, 0.25) is 23.8 Å². The van der Waals surface area contributed by atoms with E-state index in [-0.39, 0.29) is 20.4 Å². The quantitative estimate of drug-likeness (QED) is 0.0438. The first-order valence-electron chi connectivity index (χ1n) is 26.5. The van der Waals surface area contributed by atoms with Gasteiger partial charge in [0, 0.05) is 105 Å². The number of nitrogens with one attached hydrogen (secondary N) is 5. The first kappa shape index (κ1) is 58.1. The van der Waals surface area contributed by atoms with E-state index in [1.807, 2.05) is 61.6 Å². The average Bonchev–Trinajstić information content (AvgIpc) is 4.40. The average molecular weight is 1280 g/mol. The van der Waals surface area contributed by atoms with Crippen LogP contribution in [0.15, 0.2) is 115 Å². The van der Waals surface area contributed by atoms with E-state index in [1.54, 1.807) is 24.5 Å². The Hall–Kier alpha value is -6.08. The number of nitrogens with two attached hydrogens (primary N) is 1. The van der Waals surface area contributed by atoms with Gasteiger partial charge in [0.25, 0.3) is 5.56 Å². The number of hydrogen-bond donors (Lipinski definition) is 6. The summed E-state index contributed by atoms with van der Waals surface area (Å²) in [5.41, 5.74) is 10.2. The molecule has 6 aliphatic rings. The smallest absolute Gasteiger partial charge is 0.271 e. The van der Waals surface area contributed by atoms with Gasteiger partial charge >= 0.3 is 0 Å². The highest BCUT2D eigenvalue weighted by Gasteiger charge is 2.29.